The minimum atomic E-state index is 0.536. The van der Waals surface area contributed by atoms with E-state index < -0.39 is 0 Å². The summed E-state index contributed by atoms with van der Waals surface area (Å²) in [5, 5.41) is 3.57. The zero-order chi connectivity index (χ0) is 11.8. The molecule has 1 rings (SSSR count). The van der Waals surface area contributed by atoms with Gasteiger partial charge in [-0.25, -0.2) is 0 Å². The molecular formula is C14H22IN. The SMILES string of the molecule is CCCCCC(NCC)c1ccc(I)cc1. The van der Waals surface area contributed by atoms with E-state index >= 15 is 0 Å². The van der Waals surface area contributed by atoms with Crippen molar-refractivity contribution in [3.63, 3.8) is 0 Å². The molecule has 2 heteroatoms. The Labute approximate surface area is 113 Å². The number of benzene rings is 1. The fraction of sp³-hybridized carbons (Fsp3) is 0.571. The van der Waals surface area contributed by atoms with Gasteiger partial charge in [0.2, 0.25) is 0 Å². The first-order chi connectivity index (χ1) is 7.77. The van der Waals surface area contributed by atoms with Crippen LogP contribution in [0.4, 0.5) is 0 Å². The molecule has 0 saturated carbocycles. The maximum Gasteiger partial charge on any atom is 0.0320 e. The molecule has 1 aromatic carbocycles. The van der Waals surface area contributed by atoms with Gasteiger partial charge in [-0.3, -0.25) is 0 Å². The van der Waals surface area contributed by atoms with Crippen LogP contribution < -0.4 is 5.32 Å². The van der Waals surface area contributed by atoms with E-state index in [4.69, 9.17) is 0 Å². The minimum absolute atomic E-state index is 0.536. The average Bonchev–Trinajstić information content (AvgIpc) is 2.29. The van der Waals surface area contributed by atoms with Crippen molar-refractivity contribution in [1.29, 1.82) is 0 Å². The second-order valence-electron chi connectivity index (χ2n) is 4.16. The van der Waals surface area contributed by atoms with Crippen LogP contribution in [0.5, 0.6) is 0 Å². The molecule has 0 aliphatic rings. The van der Waals surface area contributed by atoms with E-state index in [1.54, 1.807) is 0 Å². The number of halogens is 1. The number of nitrogens with one attached hydrogen (secondary N) is 1. The van der Waals surface area contributed by atoms with Crippen LogP contribution >= 0.6 is 22.6 Å². The lowest BCUT2D eigenvalue weighted by atomic mass is 10.0. The normalized spacial score (nSPS) is 12.7. The van der Waals surface area contributed by atoms with Crippen molar-refractivity contribution in [2.45, 2.75) is 45.6 Å². The number of rotatable bonds is 7. The van der Waals surface area contributed by atoms with Crippen LogP contribution in [0.1, 0.15) is 51.1 Å². The summed E-state index contributed by atoms with van der Waals surface area (Å²) in [4.78, 5) is 0. The average molecular weight is 331 g/mol. The second kappa shape index (κ2) is 8.07. The highest BCUT2D eigenvalue weighted by Crippen LogP contribution is 2.20. The maximum absolute atomic E-state index is 3.57. The highest BCUT2D eigenvalue weighted by molar-refractivity contribution is 14.1. The monoisotopic (exact) mass is 331 g/mol. The standard InChI is InChI=1S/C14H22IN/c1-3-5-6-7-14(16-4-2)12-8-10-13(15)11-9-12/h8-11,14,16H,3-7H2,1-2H3. The Balaban J connectivity index is 2.57. The summed E-state index contributed by atoms with van der Waals surface area (Å²) in [6.07, 6.45) is 5.21. The third-order valence-electron chi connectivity index (χ3n) is 2.82. The van der Waals surface area contributed by atoms with Crippen molar-refractivity contribution in [1.82, 2.24) is 5.32 Å². The van der Waals surface area contributed by atoms with Crippen LogP contribution in [0.15, 0.2) is 24.3 Å². The Hall–Kier alpha value is -0.0900. The molecule has 0 aliphatic carbocycles. The van der Waals surface area contributed by atoms with E-state index in [1.807, 2.05) is 0 Å². The highest BCUT2D eigenvalue weighted by atomic mass is 127. The van der Waals surface area contributed by atoms with E-state index in [2.05, 4.69) is 66.0 Å². The van der Waals surface area contributed by atoms with Crippen LogP contribution in [-0.2, 0) is 0 Å². The first-order valence-corrected chi connectivity index (χ1v) is 7.34. The van der Waals surface area contributed by atoms with Crippen molar-refractivity contribution in [3.05, 3.63) is 33.4 Å². The van der Waals surface area contributed by atoms with Gasteiger partial charge in [0, 0.05) is 9.61 Å². The van der Waals surface area contributed by atoms with Gasteiger partial charge in [0.05, 0.1) is 0 Å². The molecule has 1 aromatic rings. The first-order valence-electron chi connectivity index (χ1n) is 6.26. The largest absolute Gasteiger partial charge is 0.310 e. The molecule has 0 aliphatic heterocycles. The molecule has 1 atom stereocenters. The van der Waals surface area contributed by atoms with Gasteiger partial charge in [0.25, 0.3) is 0 Å². The summed E-state index contributed by atoms with van der Waals surface area (Å²) in [6.45, 7) is 5.48. The second-order valence-corrected chi connectivity index (χ2v) is 5.40. The van der Waals surface area contributed by atoms with Gasteiger partial charge in [-0.1, -0.05) is 45.2 Å². The third kappa shape index (κ3) is 4.83. The maximum atomic E-state index is 3.57. The smallest absolute Gasteiger partial charge is 0.0320 e. The zero-order valence-electron chi connectivity index (χ0n) is 10.3. The quantitative estimate of drug-likeness (QED) is 0.572. The molecule has 0 amide bonds. The van der Waals surface area contributed by atoms with Crippen LogP contribution in [0, 0.1) is 3.57 Å². The fourth-order valence-corrected chi connectivity index (χ4v) is 2.29. The highest BCUT2D eigenvalue weighted by Gasteiger charge is 2.08. The molecule has 1 nitrogen and oxygen atoms in total. The van der Waals surface area contributed by atoms with Crippen molar-refractivity contribution >= 4 is 22.6 Å². The van der Waals surface area contributed by atoms with Crippen LogP contribution in [0.2, 0.25) is 0 Å². The van der Waals surface area contributed by atoms with Crippen molar-refractivity contribution in [2.24, 2.45) is 0 Å². The molecule has 16 heavy (non-hydrogen) atoms. The topological polar surface area (TPSA) is 12.0 Å². The van der Waals surface area contributed by atoms with Crippen molar-refractivity contribution in [3.8, 4) is 0 Å². The molecule has 0 bridgehead atoms. The minimum Gasteiger partial charge on any atom is -0.310 e. The van der Waals surface area contributed by atoms with Gasteiger partial charge >= 0.3 is 0 Å². The van der Waals surface area contributed by atoms with E-state index in [0.717, 1.165) is 6.54 Å². The Morgan fingerprint density at radius 2 is 1.81 bits per heavy atom. The summed E-state index contributed by atoms with van der Waals surface area (Å²) >= 11 is 2.36. The lowest BCUT2D eigenvalue weighted by molar-refractivity contribution is 0.486. The van der Waals surface area contributed by atoms with E-state index in [1.165, 1.54) is 34.8 Å². The lowest BCUT2D eigenvalue weighted by Gasteiger charge is -2.18. The Kier molecular flexibility index (Phi) is 7.05. The van der Waals surface area contributed by atoms with Gasteiger partial charge in [0.1, 0.15) is 0 Å². The molecule has 0 spiro atoms. The van der Waals surface area contributed by atoms with E-state index in [9.17, 15) is 0 Å². The molecule has 0 fully saturated rings. The molecule has 90 valence electrons. The van der Waals surface area contributed by atoms with E-state index in [-0.39, 0.29) is 0 Å². The van der Waals surface area contributed by atoms with Crippen LogP contribution in [-0.4, -0.2) is 6.54 Å². The zero-order valence-corrected chi connectivity index (χ0v) is 12.5. The Bertz CT molecular complexity index is 281. The summed E-state index contributed by atoms with van der Waals surface area (Å²) in [6, 6.07) is 9.43. The fourth-order valence-electron chi connectivity index (χ4n) is 1.93. The molecular weight excluding hydrogens is 309 g/mol. The molecule has 1 N–H and O–H groups in total. The lowest BCUT2D eigenvalue weighted by Crippen LogP contribution is -2.20. The van der Waals surface area contributed by atoms with Gasteiger partial charge in [-0.15, -0.1) is 0 Å². The molecule has 1 unspecified atom stereocenters. The van der Waals surface area contributed by atoms with Gasteiger partial charge in [-0.2, -0.15) is 0 Å². The van der Waals surface area contributed by atoms with Gasteiger partial charge in [0.15, 0.2) is 0 Å². The summed E-state index contributed by atoms with van der Waals surface area (Å²) in [5.41, 5.74) is 1.43. The predicted molar refractivity (Wildman–Crippen MR) is 79.7 cm³/mol. The first kappa shape index (κ1) is 14.0. The Morgan fingerprint density at radius 1 is 1.12 bits per heavy atom. The number of hydrogen-bond acceptors (Lipinski definition) is 1. The molecule has 0 radical (unpaired) electrons. The van der Waals surface area contributed by atoms with Crippen LogP contribution in [0.25, 0.3) is 0 Å². The van der Waals surface area contributed by atoms with Gasteiger partial charge < -0.3 is 5.32 Å². The van der Waals surface area contributed by atoms with Gasteiger partial charge in [-0.05, 0) is 53.3 Å². The Morgan fingerprint density at radius 3 is 2.38 bits per heavy atom. The van der Waals surface area contributed by atoms with Crippen LogP contribution in [0.3, 0.4) is 0 Å². The molecule has 0 heterocycles. The summed E-state index contributed by atoms with van der Waals surface area (Å²) < 4.78 is 1.31. The molecule has 0 saturated heterocycles. The summed E-state index contributed by atoms with van der Waals surface area (Å²) in [7, 11) is 0. The molecule has 0 aromatic heterocycles. The third-order valence-corrected chi connectivity index (χ3v) is 3.54. The summed E-state index contributed by atoms with van der Waals surface area (Å²) in [5.74, 6) is 0. The van der Waals surface area contributed by atoms with E-state index in [0.29, 0.717) is 6.04 Å². The predicted octanol–water partition coefficient (Wildman–Crippen LogP) is 4.52. The van der Waals surface area contributed by atoms with Crippen molar-refractivity contribution < 1.29 is 0 Å². The van der Waals surface area contributed by atoms with Crippen molar-refractivity contribution in [2.75, 3.05) is 6.54 Å². The number of hydrogen-bond donors (Lipinski definition) is 1. The number of unbranched alkanes of at least 4 members (excludes halogenated alkanes) is 2.